The van der Waals surface area contributed by atoms with Gasteiger partial charge in [-0.3, -0.25) is 19.2 Å². The van der Waals surface area contributed by atoms with Crippen molar-refractivity contribution in [3.63, 3.8) is 0 Å². The van der Waals surface area contributed by atoms with Crippen molar-refractivity contribution < 1.29 is 51.4 Å². The van der Waals surface area contributed by atoms with Crippen LogP contribution in [0.5, 0.6) is 0 Å². The zero-order valence-corrected chi connectivity index (χ0v) is 29.3. The zero-order chi connectivity index (χ0) is 37.3. The molecule has 1 heterocycles. The summed E-state index contributed by atoms with van der Waals surface area (Å²) in [5.74, 6) is -4.06. The summed E-state index contributed by atoms with van der Waals surface area (Å²) < 4.78 is 49.0. The number of carbonyl (C=O) groups excluding carboxylic acids is 6. The second-order valence-corrected chi connectivity index (χ2v) is 13.0. The maximum Gasteiger partial charge on any atom is 0.416 e. The average Bonchev–Trinajstić information content (AvgIpc) is 3.32. The smallest absolute Gasteiger partial charge is 0.416 e. The van der Waals surface area contributed by atoms with Crippen molar-refractivity contribution in [2.24, 2.45) is 0 Å². The average molecular weight is 714 g/mol. The first-order valence-corrected chi connectivity index (χ1v) is 16.1. The Morgan fingerprint density at radius 1 is 0.857 bits per heavy atom. The van der Waals surface area contributed by atoms with Gasteiger partial charge in [0, 0.05) is 13.1 Å². The SMILES string of the molecule is CCC(C(=O)Nc1sc(C(=O)NCCNC(=O)[C@H](C)NC(=O)[C@H](C)NC(=O)OC(C)(C)C)c(C)c1C(=O)OC)c1ccc(C(F)(F)F)cc1. The molecule has 0 saturated heterocycles. The Balaban J connectivity index is 2.02. The van der Waals surface area contributed by atoms with Crippen LogP contribution in [-0.2, 0) is 30.0 Å². The summed E-state index contributed by atoms with van der Waals surface area (Å²) in [4.78, 5) is 75.8. The van der Waals surface area contributed by atoms with E-state index in [1.54, 1.807) is 27.7 Å². The number of esters is 1. The third-order valence-electron chi connectivity index (χ3n) is 6.93. The molecule has 0 radical (unpaired) electrons. The number of ether oxygens (including phenoxy) is 2. The summed E-state index contributed by atoms with van der Waals surface area (Å²) in [7, 11) is 1.13. The highest BCUT2D eigenvalue weighted by Gasteiger charge is 2.32. The second-order valence-electron chi connectivity index (χ2n) is 12.0. The number of nitrogens with one attached hydrogen (secondary N) is 5. The van der Waals surface area contributed by atoms with Gasteiger partial charge in [0.05, 0.1) is 29.0 Å². The van der Waals surface area contributed by atoms with Gasteiger partial charge < -0.3 is 36.1 Å². The van der Waals surface area contributed by atoms with Crippen LogP contribution in [0.4, 0.5) is 23.0 Å². The summed E-state index contributed by atoms with van der Waals surface area (Å²) in [6.07, 6.45) is -5.09. The van der Waals surface area contributed by atoms with E-state index in [2.05, 4.69) is 26.6 Å². The van der Waals surface area contributed by atoms with Crippen molar-refractivity contribution >= 4 is 52.0 Å². The van der Waals surface area contributed by atoms with E-state index >= 15 is 0 Å². The number of amides is 5. The molecule has 3 atom stereocenters. The highest BCUT2D eigenvalue weighted by atomic mass is 32.1. The molecule has 0 aliphatic rings. The molecule has 0 fully saturated rings. The number of alkyl carbamates (subject to hydrolysis) is 1. The maximum absolute atomic E-state index is 13.2. The van der Waals surface area contributed by atoms with Crippen molar-refractivity contribution in [1.29, 1.82) is 0 Å². The molecule has 17 heteroatoms. The van der Waals surface area contributed by atoms with Crippen molar-refractivity contribution in [1.82, 2.24) is 21.3 Å². The van der Waals surface area contributed by atoms with E-state index in [1.807, 2.05) is 0 Å². The van der Waals surface area contributed by atoms with Gasteiger partial charge in [-0.2, -0.15) is 13.2 Å². The first kappa shape index (κ1) is 40.5. The number of rotatable bonds is 13. The normalized spacial score (nSPS) is 13.3. The molecule has 0 saturated carbocycles. The van der Waals surface area contributed by atoms with Crippen LogP contribution in [-0.4, -0.2) is 73.6 Å². The Morgan fingerprint density at radius 2 is 1.43 bits per heavy atom. The van der Waals surface area contributed by atoms with Crippen LogP contribution < -0.4 is 26.6 Å². The Kier molecular flexibility index (Phi) is 14.2. The molecule has 2 rings (SSSR count). The lowest BCUT2D eigenvalue weighted by atomic mass is 9.94. The van der Waals surface area contributed by atoms with E-state index in [-0.39, 0.29) is 40.5 Å². The van der Waals surface area contributed by atoms with Gasteiger partial charge in [-0.1, -0.05) is 19.1 Å². The molecule has 49 heavy (non-hydrogen) atoms. The lowest BCUT2D eigenvalue weighted by Crippen LogP contribution is -2.52. The number of alkyl halides is 3. The fraction of sp³-hybridized carbons (Fsp3) is 0.500. The molecule has 0 aliphatic carbocycles. The van der Waals surface area contributed by atoms with E-state index < -0.39 is 71.0 Å². The molecule has 270 valence electrons. The number of hydrogen-bond acceptors (Lipinski definition) is 9. The number of halogens is 3. The van der Waals surface area contributed by atoms with Crippen LogP contribution in [0.2, 0.25) is 0 Å². The summed E-state index contributed by atoms with van der Waals surface area (Å²) >= 11 is 0.814. The van der Waals surface area contributed by atoms with Crippen LogP contribution in [0, 0.1) is 6.92 Å². The maximum atomic E-state index is 13.2. The molecule has 0 bridgehead atoms. The predicted octanol–water partition coefficient (Wildman–Crippen LogP) is 4.26. The summed E-state index contributed by atoms with van der Waals surface area (Å²) in [6.45, 7) is 11.0. The first-order valence-electron chi connectivity index (χ1n) is 15.3. The molecule has 0 aliphatic heterocycles. The van der Waals surface area contributed by atoms with E-state index in [0.717, 1.165) is 30.6 Å². The Hall–Kier alpha value is -4.67. The highest BCUT2D eigenvalue weighted by molar-refractivity contribution is 7.18. The largest absolute Gasteiger partial charge is 0.465 e. The molecule has 2 aromatic rings. The fourth-order valence-corrected chi connectivity index (χ4v) is 5.51. The summed E-state index contributed by atoms with van der Waals surface area (Å²) in [6, 6.07) is 2.24. The van der Waals surface area contributed by atoms with Gasteiger partial charge in [0.15, 0.2) is 0 Å². The Labute approximate surface area is 286 Å². The number of thiophene rings is 1. The van der Waals surface area contributed by atoms with Crippen LogP contribution >= 0.6 is 11.3 Å². The van der Waals surface area contributed by atoms with Crippen LogP contribution in [0.25, 0.3) is 0 Å². The number of methoxy groups -OCH3 is 1. The molecule has 5 amide bonds. The lowest BCUT2D eigenvalue weighted by Gasteiger charge is -2.22. The van der Waals surface area contributed by atoms with Crippen molar-refractivity contribution in [3.8, 4) is 0 Å². The third-order valence-corrected chi connectivity index (χ3v) is 8.14. The second kappa shape index (κ2) is 17.1. The summed E-state index contributed by atoms with van der Waals surface area (Å²) in [5, 5.41) is 12.7. The fourth-order valence-electron chi connectivity index (χ4n) is 4.39. The van der Waals surface area contributed by atoms with E-state index in [1.165, 1.54) is 32.9 Å². The zero-order valence-electron chi connectivity index (χ0n) is 28.5. The molecular formula is C32H42F3N5O8S. The van der Waals surface area contributed by atoms with Gasteiger partial charge in [0.1, 0.15) is 22.7 Å². The molecule has 1 aromatic carbocycles. The molecule has 5 N–H and O–H groups in total. The van der Waals surface area contributed by atoms with Gasteiger partial charge in [-0.25, -0.2) is 9.59 Å². The number of carbonyl (C=O) groups is 6. The molecule has 0 spiro atoms. The third kappa shape index (κ3) is 11.8. The molecular weight excluding hydrogens is 671 g/mol. The molecule has 1 unspecified atom stereocenters. The minimum atomic E-state index is -4.53. The number of anilines is 1. The Morgan fingerprint density at radius 3 is 1.96 bits per heavy atom. The van der Waals surface area contributed by atoms with Crippen molar-refractivity contribution in [2.45, 2.75) is 84.7 Å². The summed E-state index contributed by atoms with van der Waals surface area (Å²) in [5.41, 5.74) is -1.11. The topological polar surface area (TPSA) is 181 Å². The Bertz CT molecular complexity index is 1540. The lowest BCUT2D eigenvalue weighted by molar-refractivity contribution is -0.137. The van der Waals surface area contributed by atoms with Crippen molar-refractivity contribution in [2.75, 3.05) is 25.5 Å². The van der Waals surface area contributed by atoms with Crippen LogP contribution in [0.1, 0.15) is 90.6 Å². The van der Waals surface area contributed by atoms with Crippen LogP contribution in [0.3, 0.4) is 0 Å². The van der Waals surface area contributed by atoms with Gasteiger partial charge >= 0.3 is 18.2 Å². The number of benzene rings is 1. The van der Waals surface area contributed by atoms with Gasteiger partial charge in [0.2, 0.25) is 17.7 Å². The van der Waals surface area contributed by atoms with Crippen LogP contribution in [0.15, 0.2) is 24.3 Å². The van der Waals surface area contributed by atoms with Gasteiger partial charge in [0.25, 0.3) is 5.91 Å². The minimum Gasteiger partial charge on any atom is -0.465 e. The van der Waals surface area contributed by atoms with E-state index in [9.17, 15) is 41.9 Å². The number of hydrogen-bond donors (Lipinski definition) is 5. The predicted molar refractivity (Wildman–Crippen MR) is 175 cm³/mol. The van der Waals surface area contributed by atoms with E-state index in [4.69, 9.17) is 9.47 Å². The van der Waals surface area contributed by atoms with Gasteiger partial charge in [-0.05, 0) is 71.2 Å². The first-order chi connectivity index (χ1) is 22.7. The minimum absolute atomic E-state index is 0.0260. The molecule has 1 aromatic heterocycles. The van der Waals surface area contributed by atoms with Crippen molar-refractivity contribution in [3.05, 3.63) is 51.4 Å². The quantitative estimate of drug-likeness (QED) is 0.151. The molecule has 13 nitrogen and oxygen atoms in total. The van der Waals surface area contributed by atoms with E-state index in [0.29, 0.717) is 5.56 Å². The monoisotopic (exact) mass is 713 g/mol. The highest BCUT2D eigenvalue weighted by Crippen LogP contribution is 2.35. The van der Waals surface area contributed by atoms with Gasteiger partial charge in [-0.15, -0.1) is 11.3 Å². The standard InChI is InChI=1S/C32H42F3N5O8S/c1-9-21(19-10-12-20(13-11-19)32(33,34)35)26(43)40-28-22(29(45)47-8)16(2)23(49-28)27(44)37-15-14-36-24(41)17(3)38-25(42)18(4)39-30(46)48-31(5,6)7/h10-13,17-18,21H,9,14-15H2,1-8H3,(H,36,41)(H,37,44)(H,38,42)(H,39,46)(H,40,43)/t17-,18-,21?/m0/s1.